The average Bonchev–Trinajstić information content (AvgIpc) is 3.31. The van der Waals surface area contributed by atoms with Crippen LogP contribution in [0.2, 0.25) is 0 Å². The quantitative estimate of drug-likeness (QED) is 0.290. The van der Waals surface area contributed by atoms with E-state index in [1.807, 2.05) is 42.5 Å². The lowest BCUT2D eigenvalue weighted by Gasteiger charge is -2.11. The lowest BCUT2D eigenvalue weighted by Crippen LogP contribution is -1.95. The summed E-state index contributed by atoms with van der Waals surface area (Å²) in [5, 5.41) is 2.22. The molecule has 0 spiro atoms. The summed E-state index contributed by atoms with van der Waals surface area (Å²) in [6.45, 7) is 0. The van der Waals surface area contributed by atoms with Gasteiger partial charge < -0.3 is 14.2 Å². The van der Waals surface area contributed by atoms with Gasteiger partial charge in [0.2, 0.25) is 5.78 Å². The highest BCUT2D eigenvalue weighted by molar-refractivity contribution is 7.11. The molecular formula is C23H21NO4S. The lowest BCUT2D eigenvalue weighted by molar-refractivity contribution is 0.104. The maximum Gasteiger partial charge on any atom is 0.214 e. The van der Waals surface area contributed by atoms with Gasteiger partial charge in [0.25, 0.3) is 0 Å². The summed E-state index contributed by atoms with van der Waals surface area (Å²) < 4.78 is 16.1. The van der Waals surface area contributed by atoms with Crippen molar-refractivity contribution in [2.45, 2.75) is 0 Å². The Kier molecular flexibility index (Phi) is 6.81. The fourth-order valence-corrected chi connectivity index (χ4v) is 3.26. The number of hydrogen-bond donors (Lipinski definition) is 0. The summed E-state index contributed by atoms with van der Waals surface area (Å²) in [6.07, 6.45) is 8.81. The van der Waals surface area contributed by atoms with E-state index in [0.717, 1.165) is 22.4 Å². The molecule has 0 aliphatic rings. The molecule has 0 aliphatic heterocycles. The second kappa shape index (κ2) is 9.71. The summed E-state index contributed by atoms with van der Waals surface area (Å²) in [5.74, 6) is 1.93. The number of nitrogens with zero attached hydrogens (tertiary/aromatic N) is 1. The number of benzene rings is 2. The molecular weight excluding hydrogens is 386 g/mol. The molecule has 0 aliphatic carbocycles. The molecule has 1 aromatic heterocycles. The first-order valence-electron chi connectivity index (χ1n) is 8.84. The van der Waals surface area contributed by atoms with Crippen LogP contribution in [0.5, 0.6) is 17.2 Å². The van der Waals surface area contributed by atoms with Crippen LogP contribution >= 0.6 is 11.3 Å². The molecule has 0 atom stereocenters. The third-order valence-electron chi connectivity index (χ3n) is 4.22. The molecule has 1 heterocycles. The Bertz CT molecular complexity index is 1020. The molecule has 0 unspecified atom stereocenters. The summed E-state index contributed by atoms with van der Waals surface area (Å²) >= 11 is 1.31. The highest BCUT2D eigenvalue weighted by Crippen LogP contribution is 2.31. The zero-order valence-corrected chi connectivity index (χ0v) is 17.2. The number of hydrogen-bond acceptors (Lipinski definition) is 6. The van der Waals surface area contributed by atoms with E-state index in [2.05, 4.69) is 4.98 Å². The van der Waals surface area contributed by atoms with Gasteiger partial charge in [-0.25, -0.2) is 4.98 Å². The van der Waals surface area contributed by atoms with Gasteiger partial charge in [0, 0.05) is 23.2 Å². The van der Waals surface area contributed by atoms with Gasteiger partial charge in [0.15, 0.2) is 5.01 Å². The molecule has 0 saturated carbocycles. The van der Waals surface area contributed by atoms with E-state index in [9.17, 15) is 4.79 Å². The molecule has 148 valence electrons. The molecule has 0 fully saturated rings. The van der Waals surface area contributed by atoms with Crippen LogP contribution in [0, 0.1) is 0 Å². The number of thiazole rings is 1. The smallest absolute Gasteiger partial charge is 0.214 e. The zero-order chi connectivity index (χ0) is 20.6. The molecule has 5 nitrogen and oxygen atoms in total. The van der Waals surface area contributed by atoms with Crippen molar-refractivity contribution in [1.82, 2.24) is 4.98 Å². The van der Waals surface area contributed by atoms with E-state index in [1.165, 1.54) is 17.4 Å². The second-order valence-electron chi connectivity index (χ2n) is 5.97. The minimum absolute atomic E-state index is 0.150. The Morgan fingerprint density at radius 1 is 0.931 bits per heavy atom. The largest absolute Gasteiger partial charge is 0.497 e. The van der Waals surface area contributed by atoms with Crippen LogP contribution in [-0.4, -0.2) is 32.1 Å². The van der Waals surface area contributed by atoms with Gasteiger partial charge in [-0.15, -0.1) is 11.3 Å². The molecule has 0 amide bonds. The summed E-state index contributed by atoms with van der Waals surface area (Å²) in [7, 11) is 4.83. The Balaban J connectivity index is 1.97. The first-order valence-corrected chi connectivity index (χ1v) is 9.72. The molecule has 3 rings (SSSR count). The predicted octanol–water partition coefficient (Wildman–Crippen LogP) is 5.24. The van der Waals surface area contributed by atoms with E-state index in [0.29, 0.717) is 16.5 Å². The first-order chi connectivity index (χ1) is 14.1. The van der Waals surface area contributed by atoms with Crippen molar-refractivity contribution in [2.75, 3.05) is 21.3 Å². The van der Waals surface area contributed by atoms with Gasteiger partial charge in [0.1, 0.15) is 17.2 Å². The van der Waals surface area contributed by atoms with Crippen molar-refractivity contribution in [3.8, 4) is 17.2 Å². The first kappa shape index (κ1) is 20.4. The highest BCUT2D eigenvalue weighted by Gasteiger charge is 2.10. The van der Waals surface area contributed by atoms with Crippen molar-refractivity contribution in [2.24, 2.45) is 0 Å². The Morgan fingerprint density at radius 3 is 2.31 bits per heavy atom. The van der Waals surface area contributed by atoms with Crippen LogP contribution in [0.3, 0.4) is 0 Å². The van der Waals surface area contributed by atoms with Gasteiger partial charge in [-0.2, -0.15) is 0 Å². The van der Waals surface area contributed by atoms with Crippen LogP contribution in [0.25, 0.3) is 18.2 Å². The average molecular weight is 407 g/mol. The summed E-state index contributed by atoms with van der Waals surface area (Å²) in [6, 6.07) is 11.4. The van der Waals surface area contributed by atoms with Crippen LogP contribution in [0.4, 0.5) is 0 Å². The van der Waals surface area contributed by atoms with Crippen LogP contribution in [0.15, 0.2) is 54.1 Å². The van der Waals surface area contributed by atoms with Gasteiger partial charge in [-0.05, 0) is 41.5 Å². The molecule has 0 bridgehead atoms. The van der Waals surface area contributed by atoms with Crippen LogP contribution in [0.1, 0.15) is 26.5 Å². The van der Waals surface area contributed by atoms with Gasteiger partial charge in [-0.3, -0.25) is 4.79 Å². The number of allylic oxidation sites excluding steroid dienone is 1. The third-order valence-corrected chi connectivity index (χ3v) is 5.01. The van der Waals surface area contributed by atoms with Crippen molar-refractivity contribution in [1.29, 1.82) is 0 Å². The summed E-state index contributed by atoms with van der Waals surface area (Å²) in [5.41, 5.74) is 2.66. The Morgan fingerprint density at radius 2 is 1.69 bits per heavy atom. The van der Waals surface area contributed by atoms with E-state index in [-0.39, 0.29) is 5.78 Å². The fourth-order valence-electron chi connectivity index (χ4n) is 2.70. The number of aromatic nitrogens is 1. The van der Waals surface area contributed by atoms with E-state index < -0.39 is 0 Å². The van der Waals surface area contributed by atoms with Gasteiger partial charge in [-0.1, -0.05) is 24.3 Å². The SMILES string of the molecule is COc1ccc(/C=C/c2cc(OC)cc(OC)c2/C=C/C(=O)c2nccs2)cc1. The maximum absolute atomic E-state index is 12.3. The lowest BCUT2D eigenvalue weighted by atomic mass is 10.0. The molecule has 0 saturated heterocycles. The molecule has 0 N–H and O–H groups in total. The number of ether oxygens (including phenoxy) is 3. The Hall–Kier alpha value is -3.38. The molecule has 6 heteroatoms. The number of rotatable bonds is 8. The normalized spacial score (nSPS) is 11.1. The van der Waals surface area contributed by atoms with Gasteiger partial charge >= 0.3 is 0 Å². The van der Waals surface area contributed by atoms with E-state index in [1.54, 1.807) is 45.0 Å². The molecule has 3 aromatic rings. The standard InChI is InChI=1S/C23H21NO4S/c1-26-18-8-5-16(6-9-18)4-7-17-14-19(27-2)15-22(28-3)20(17)10-11-21(25)23-24-12-13-29-23/h4-15H,1-3H3/b7-4+,11-10+. The topological polar surface area (TPSA) is 57.7 Å². The van der Waals surface area contributed by atoms with Crippen molar-refractivity contribution >= 4 is 35.3 Å². The van der Waals surface area contributed by atoms with Gasteiger partial charge in [0.05, 0.1) is 21.3 Å². The molecule has 2 aromatic carbocycles. The Labute approximate surface area is 173 Å². The minimum atomic E-state index is -0.150. The van der Waals surface area contributed by atoms with Crippen molar-refractivity contribution in [3.05, 3.63) is 75.7 Å². The van der Waals surface area contributed by atoms with Crippen LogP contribution in [-0.2, 0) is 0 Å². The third kappa shape index (κ3) is 5.12. The second-order valence-corrected chi connectivity index (χ2v) is 6.87. The monoisotopic (exact) mass is 407 g/mol. The maximum atomic E-state index is 12.3. The van der Waals surface area contributed by atoms with E-state index in [4.69, 9.17) is 14.2 Å². The van der Waals surface area contributed by atoms with Crippen molar-refractivity contribution < 1.29 is 19.0 Å². The number of carbonyl (C=O) groups is 1. The minimum Gasteiger partial charge on any atom is -0.497 e. The number of carbonyl (C=O) groups excluding carboxylic acids is 1. The predicted molar refractivity (Wildman–Crippen MR) is 117 cm³/mol. The fraction of sp³-hybridized carbons (Fsp3) is 0.130. The summed E-state index contributed by atoms with van der Waals surface area (Å²) in [4.78, 5) is 16.4. The molecule has 0 radical (unpaired) electrons. The molecule has 29 heavy (non-hydrogen) atoms. The van der Waals surface area contributed by atoms with Crippen LogP contribution < -0.4 is 14.2 Å². The number of ketones is 1. The van der Waals surface area contributed by atoms with Crippen molar-refractivity contribution in [3.63, 3.8) is 0 Å². The van der Waals surface area contributed by atoms with E-state index >= 15 is 0 Å². The highest BCUT2D eigenvalue weighted by atomic mass is 32.1. The zero-order valence-electron chi connectivity index (χ0n) is 16.4. The number of methoxy groups -OCH3 is 3.